The minimum Gasteiger partial charge on any atom is -0.504 e. The summed E-state index contributed by atoms with van der Waals surface area (Å²) in [6.07, 6.45) is 2.77. The zero-order valence-corrected chi connectivity index (χ0v) is 15.8. The lowest BCUT2D eigenvalue weighted by molar-refractivity contribution is 0.0947. The van der Waals surface area contributed by atoms with Gasteiger partial charge in [0.2, 0.25) is 0 Å². The van der Waals surface area contributed by atoms with Gasteiger partial charge in [-0.2, -0.15) is 10.2 Å². The molecular weight excluding hydrogens is 384 g/mol. The van der Waals surface area contributed by atoms with Gasteiger partial charge in [0, 0.05) is 5.02 Å². The number of hydrazone groups is 1. The summed E-state index contributed by atoms with van der Waals surface area (Å²) in [5.74, 6) is 0.203. The SMILES string of the molecule is COc1ccc(/C=N/NC(=O)c2nn(-c3ccc(Cl)cc3)cc2O)cc1OC. The molecule has 0 spiro atoms. The number of aromatic nitrogens is 2. The van der Waals surface area contributed by atoms with Crippen molar-refractivity contribution in [2.24, 2.45) is 5.10 Å². The van der Waals surface area contributed by atoms with E-state index in [1.165, 1.54) is 24.2 Å². The molecule has 8 nitrogen and oxygen atoms in total. The van der Waals surface area contributed by atoms with Crippen LogP contribution in [0.15, 0.2) is 53.8 Å². The van der Waals surface area contributed by atoms with Gasteiger partial charge in [-0.25, -0.2) is 10.1 Å². The highest BCUT2D eigenvalue weighted by Crippen LogP contribution is 2.26. The highest BCUT2D eigenvalue weighted by molar-refractivity contribution is 6.30. The standard InChI is InChI=1S/C19H17ClN4O4/c1-27-16-8-3-12(9-17(16)28-2)10-21-22-19(26)18-15(25)11-24(23-18)14-6-4-13(20)5-7-14/h3-11,25H,1-2H3,(H,22,26)/b21-10+. The molecule has 28 heavy (non-hydrogen) atoms. The molecule has 0 aliphatic heterocycles. The molecule has 9 heteroatoms. The molecule has 0 bridgehead atoms. The summed E-state index contributed by atoms with van der Waals surface area (Å²) >= 11 is 5.86. The molecule has 0 radical (unpaired) electrons. The van der Waals surface area contributed by atoms with Crippen LogP contribution in [-0.4, -0.2) is 41.2 Å². The average Bonchev–Trinajstić information content (AvgIpc) is 3.10. The molecule has 3 aromatic rings. The molecule has 0 saturated heterocycles. The van der Waals surface area contributed by atoms with Crippen LogP contribution in [0.3, 0.4) is 0 Å². The van der Waals surface area contributed by atoms with Gasteiger partial charge in [0.1, 0.15) is 0 Å². The second-order valence-electron chi connectivity index (χ2n) is 5.60. The summed E-state index contributed by atoms with van der Waals surface area (Å²) in [7, 11) is 3.07. The molecule has 3 rings (SSSR count). The number of nitrogens with one attached hydrogen (secondary N) is 1. The van der Waals surface area contributed by atoms with Gasteiger partial charge in [0.15, 0.2) is 22.9 Å². The van der Waals surface area contributed by atoms with E-state index in [9.17, 15) is 9.90 Å². The van der Waals surface area contributed by atoms with Gasteiger partial charge in [-0.1, -0.05) is 11.6 Å². The van der Waals surface area contributed by atoms with Crippen LogP contribution < -0.4 is 14.9 Å². The van der Waals surface area contributed by atoms with Gasteiger partial charge in [-0.05, 0) is 48.0 Å². The first-order valence-electron chi connectivity index (χ1n) is 8.12. The van der Waals surface area contributed by atoms with Crippen molar-refractivity contribution in [3.8, 4) is 22.9 Å². The Morgan fingerprint density at radius 2 is 1.89 bits per heavy atom. The molecule has 0 fully saturated rings. The van der Waals surface area contributed by atoms with Crippen molar-refractivity contribution in [3.05, 3.63) is 64.9 Å². The Kier molecular flexibility index (Phi) is 5.81. The number of ether oxygens (including phenoxy) is 2. The van der Waals surface area contributed by atoms with Crippen LogP contribution in [-0.2, 0) is 0 Å². The van der Waals surface area contributed by atoms with Crippen LogP contribution in [0, 0.1) is 0 Å². The van der Waals surface area contributed by atoms with Gasteiger partial charge in [-0.15, -0.1) is 0 Å². The van der Waals surface area contributed by atoms with Crippen LogP contribution in [0.25, 0.3) is 5.69 Å². The highest BCUT2D eigenvalue weighted by Gasteiger charge is 2.16. The predicted molar refractivity (Wildman–Crippen MR) is 105 cm³/mol. The lowest BCUT2D eigenvalue weighted by Gasteiger charge is -2.07. The van der Waals surface area contributed by atoms with Gasteiger partial charge in [0.25, 0.3) is 5.91 Å². The van der Waals surface area contributed by atoms with E-state index in [1.54, 1.807) is 49.6 Å². The summed E-state index contributed by atoms with van der Waals surface area (Å²) in [5, 5.41) is 18.6. The first-order chi connectivity index (χ1) is 13.5. The van der Waals surface area contributed by atoms with Crippen molar-refractivity contribution in [2.45, 2.75) is 0 Å². The lowest BCUT2D eigenvalue weighted by Crippen LogP contribution is -2.18. The summed E-state index contributed by atoms with van der Waals surface area (Å²) in [4.78, 5) is 12.3. The number of benzene rings is 2. The molecule has 144 valence electrons. The number of carbonyl (C=O) groups is 1. The number of methoxy groups -OCH3 is 2. The van der Waals surface area contributed by atoms with E-state index >= 15 is 0 Å². The van der Waals surface area contributed by atoms with Crippen molar-refractivity contribution in [1.29, 1.82) is 0 Å². The Morgan fingerprint density at radius 3 is 2.57 bits per heavy atom. The van der Waals surface area contributed by atoms with E-state index in [2.05, 4.69) is 15.6 Å². The number of aromatic hydroxyl groups is 1. The molecule has 1 aromatic heterocycles. The molecule has 2 aromatic carbocycles. The molecule has 0 saturated carbocycles. The fourth-order valence-electron chi connectivity index (χ4n) is 2.40. The number of hydrogen-bond donors (Lipinski definition) is 2. The monoisotopic (exact) mass is 400 g/mol. The summed E-state index contributed by atoms with van der Waals surface area (Å²) in [6.45, 7) is 0. The topological polar surface area (TPSA) is 98.0 Å². The van der Waals surface area contributed by atoms with E-state index in [-0.39, 0.29) is 11.4 Å². The van der Waals surface area contributed by atoms with Crippen molar-refractivity contribution >= 4 is 23.7 Å². The normalized spacial score (nSPS) is 10.8. The predicted octanol–water partition coefficient (Wildman–Crippen LogP) is 3.01. The number of rotatable bonds is 6. The molecule has 1 amide bonds. The molecule has 0 aliphatic rings. The summed E-state index contributed by atoms with van der Waals surface area (Å²) in [6, 6.07) is 12.0. The van der Waals surface area contributed by atoms with Gasteiger partial charge < -0.3 is 14.6 Å². The van der Waals surface area contributed by atoms with Crippen molar-refractivity contribution in [2.75, 3.05) is 14.2 Å². The Balaban J connectivity index is 1.71. The van der Waals surface area contributed by atoms with Gasteiger partial charge in [-0.3, -0.25) is 4.79 Å². The fourth-order valence-corrected chi connectivity index (χ4v) is 2.53. The number of amides is 1. The molecule has 2 N–H and O–H groups in total. The molecular formula is C19H17ClN4O4. The first-order valence-corrected chi connectivity index (χ1v) is 8.49. The molecule has 0 atom stereocenters. The Labute approximate surface area is 166 Å². The van der Waals surface area contributed by atoms with Crippen LogP contribution >= 0.6 is 11.6 Å². The van der Waals surface area contributed by atoms with E-state index in [0.29, 0.717) is 27.8 Å². The average molecular weight is 401 g/mol. The molecule has 0 unspecified atom stereocenters. The number of hydrogen-bond acceptors (Lipinski definition) is 6. The minimum absolute atomic E-state index is 0.153. The number of nitrogens with zero attached hydrogens (tertiary/aromatic N) is 3. The fraction of sp³-hybridized carbons (Fsp3) is 0.105. The number of carbonyl (C=O) groups excluding carboxylic acids is 1. The first kappa shape index (κ1) is 19.2. The quantitative estimate of drug-likeness (QED) is 0.489. The second-order valence-corrected chi connectivity index (χ2v) is 6.03. The molecule has 0 aliphatic carbocycles. The van der Waals surface area contributed by atoms with Crippen LogP contribution in [0.1, 0.15) is 16.1 Å². The molecule has 1 heterocycles. The maximum Gasteiger partial charge on any atom is 0.295 e. The summed E-state index contributed by atoms with van der Waals surface area (Å²) in [5.41, 5.74) is 3.51. The maximum atomic E-state index is 12.3. The highest BCUT2D eigenvalue weighted by atomic mass is 35.5. The number of halogens is 1. The van der Waals surface area contributed by atoms with Gasteiger partial charge in [0.05, 0.1) is 32.3 Å². The zero-order valence-electron chi connectivity index (χ0n) is 15.1. The Morgan fingerprint density at radius 1 is 1.18 bits per heavy atom. The van der Waals surface area contributed by atoms with E-state index in [0.717, 1.165) is 0 Å². The van der Waals surface area contributed by atoms with E-state index < -0.39 is 5.91 Å². The van der Waals surface area contributed by atoms with Crippen molar-refractivity contribution < 1.29 is 19.4 Å². The Bertz CT molecular complexity index is 1020. The van der Waals surface area contributed by atoms with Crippen LogP contribution in [0.4, 0.5) is 0 Å². The minimum atomic E-state index is -0.651. The third-order valence-electron chi connectivity index (χ3n) is 3.79. The summed E-state index contributed by atoms with van der Waals surface area (Å²) < 4.78 is 11.8. The maximum absolute atomic E-state index is 12.3. The smallest absolute Gasteiger partial charge is 0.295 e. The van der Waals surface area contributed by atoms with Gasteiger partial charge >= 0.3 is 0 Å². The second kappa shape index (κ2) is 8.45. The largest absolute Gasteiger partial charge is 0.504 e. The lowest BCUT2D eigenvalue weighted by atomic mass is 10.2. The van der Waals surface area contributed by atoms with Crippen LogP contribution in [0.2, 0.25) is 5.02 Å². The van der Waals surface area contributed by atoms with E-state index in [1.807, 2.05) is 0 Å². The van der Waals surface area contributed by atoms with Crippen LogP contribution in [0.5, 0.6) is 17.2 Å². The van der Waals surface area contributed by atoms with E-state index in [4.69, 9.17) is 21.1 Å². The third kappa shape index (κ3) is 4.24. The van der Waals surface area contributed by atoms with Crippen molar-refractivity contribution in [3.63, 3.8) is 0 Å². The van der Waals surface area contributed by atoms with Crippen molar-refractivity contribution in [1.82, 2.24) is 15.2 Å². The third-order valence-corrected chi connectivity index (χ3v) is 4.04. The Hall–Kier alpha value is -3.52. The zero-order chi connectivity index (χ0) is 20.1.